The number of halogens is 1. The van der Waals surface area contributed by atoms with Crippen LogP contribution < -0.4 is 10.5 Å². The van der Waals surface area contributed by atoms with Gasteiger partial charge in [-0.2, -0.15) is 0 Å². The van der Waals surface area contributed by atoms with Crippen molar-refractivity contribution in [2.45, 2.75) is 20.5 Å². The molecule has 1 heterocycles. The smallest absolute Gasteiger partial charge is 0.163 e. The number of ketones is 1. The summed E-state index contributed by atoms with van der Waals surface area (Å²) in [7, 11) is 0. The van der Waals surface area contributed by atoms with Crippen molar-refractivity contribution in [1.82, 2.24) is 4.98 Å². The second-order valence-electron chi connectivity index (χ2n) is 4.59. The number of aromatic nitrogens is 1. The van der Waals surface area contributed by atoms with Crippen LogP contribution >= 0.6 is 15.9 Å². The maximum Gasteiger partial charge on any atom is 0.163 e. The molecule has 20 heavy (non-hydrogen) atoms. The van der Waals surface area contributed by atoms with E-state index in [0.717, 1.165) is 15.6 Å². The Bertz CT molecular complexity index is 656. The van der Waals surface area contributed by atoms with Crippen LogP contribution in [0.1, 0.15) is 28.4 Å². The highest BCUT2D eigenvalue weighted by atomic mass is 79.9. The minimum absolute atomic E-state index is 0.0876. The molecule has 0 radical (unpaired) electrons. The number of hydrogen-bond donors (Lipinski definition) is 1. The molecule has 0 fully saturated rings. The molecule has 0 aliphatic rings. The molecule has 0 saturated carbocycles. The van der Waals surface area contributed by atoms with E-state index in [4.69, 9.17) is 10.5 Å². The van der Waals surface area contributed by atoms with Crippen LogP contribution in [-0.4, -0.2) is 10.8 Å². The predicted octanol–water partition coefficient (Wildman–Crippen LogP) is 3.52. The Morgan fingerprint density at radius 3 is 2.75 bits per heavy atom. The molecule has 2 aromatic rings. The van der Waals surface area contributed by atoms with Crippen LogP contribution in [-0.2, 0) is 6.61 Å². The SMILES string of the molecule is CC(=O)c1cc(Br)cc(N)c1OCc1cncc(C)c1. The maximum absolute atomic E-state index is 11.7. The first-order chi connectivity index (χ1) is 9.47. The van der Waals surface area contributed by atoms with Crippen LogP contribution in [0.4, 0.5) is 5.69 Å². The molecule has 0 saturated heterocycles. The van der Waals surface area contributed by atoms with Gasteiger partial charge in [-0.05, 0) is 37.6 Å². The van der Waals surface area contributed by atoms with Gasteiger partial charge < -0.3 is 10.5 Å². The number of aryl methyl sites for hydroxylation is 1. The number of benzene rings is 1. The van der Waals surface area contributed by atoms with Gasteiger partial charge in [0.2, 0.25) is 0 Å². The van der Waals surface area contributed by atoms with Crippen molar-refractivity contribution in [1.29, 1.82) is 0 Å². The first-order valence-corrected chi connectivity index (χ1v) is 6.90. The Hall–Kier alpha value is -1.88. The standard InChI is InChI=1S/C15H15BrN2O2/c1-9-3-11(7-18-6-9)8-20-15-13(10(2)19)4-12(16)5-14(15)17/h3-7H,8,17H2,1-2H3. The van der Waals surface area contributed by atoms with E-state index in [-0.39, 0.29) is 5.78 Å². The third kappa shape index (κ3) is 3.36. The zero-order valence-electron chi connectivity index (χ0n) is 11.3. The van der Waals surface area contributed by atoms with Crippen LogP contribution in [0.25, 0.3) is 0 Å². The fourth-order valence-corrected chi connectivity index (χ4v) is 2.36. The molecule has 0 atom stereocenters. The number of carbonyl (C=O) groups is 1. The molecule has 4 nitrogen and oxygen atoms in total. The number of hydrogen-bond acceptors (Lipinski definition) is 4. The first-order valence-electron chi connectivity index (χ1n) is 6.10. The molecule has 5 heteroatoms. The molecule has 0 unspecified atom stereocenters. The average molecular weight is 335 g/mol. The van der Waals surface area contributed by atoms with Crippen molar-refractivity contribution in [3.63, 3.8) is 0 Å². The van der Waals surface area contributed by atoms with Gasteiger partial charge in [-0.15, -0.1) is 0 Å². The zero-order chi connectivity index (χ0) is 14.7. The number of carbonyl (C=O) groups excluding carboxylic acids is 1. The summed E-state index contributed by atoms with van der Waals surface area (Å²) in [6, 6.07) is 5.41. The van der Waals surface area contributed by atoms with Crippen LogP contribution in [0.2, 0.25) is 0 Å². The Morgan fingerprint density at radius 2 is 2.10 bits per heavy atom. The van der Waals surface area contributed by atoms with Gasteiger partial charge in [0, 0.05) is 22.4 Å². The van der Waals surface area contributed by atoms with Gasteiger partial charge in [-0.25, -0.2) is 0 Å². The number of ether oxygens (including phenoxy) is 1. The summed E-state index contributed by atoms with van der Waals surface area (Å²) >= 11 is 3.32. The van der Waals surface area contributed by atoms with E-state index in [1.165, 1.54) is 6.92 Å². The Balaban J connectivity index is 2.27. The van der Waals surface area contributed by atoms with Gasteiger partial charge in [0.05, 0.1) is 11.3 Å². The van der Waals surface area contributed by atoms with Gasteiger partial charge in [0.15, 0.2) is 11.5 Å². The maximum atomic E-state index is 11.7. The molecule has 1 aromatic heterocycles. The van der Waals surface area contributed by atoms with E-state index in [2.05, 4.69) is 20.9 Å². The number of anilines is 1. The van der Waals surface area contributed by atoms with Gasteiger partial charge in [-0.1, -0.05) is 15.9 Å². The quantitative estimate of drug-likeness (QED) is 0.686. The lowest BCUT2D eigenvalue weighted by molar-refractivity contribution is 0.101. The summed E-state index contributed by atoms with van der Waals surface area (Å²) in [6.45, 7) is 3.77. The highest BCUT2D eigenvalue weighted by molar-refractivity contribution is 9.10. The van der Waals surface area contributed by atoms with Gasteiger partial charge in [0.25, 0.3) is 0 Å². The highest BCUT2D eigenvalue weighted by Gasteiger charge is 2.13. The topological polar surface area (TPSA) is 65.2 Å². The zero-order valence-corrected chi connectivity index (χ0v) is 12.9. The first kappa shape index (κ1) is 14.5. The molecule has 0 aliphatic heterocycles. The normalized spacial score (nSPS) is 10.3. The van der Waals surface area contributed by atoms with Crippen molar-refractivity contribution in [2.24, 2.45) is 0 Å². The van der Waals surface area contributed by atoms with Gasteiger partial charge in [-0.3, -0.25) is 9.78 Å². The lowest BCUT2D eigenvalue weighted by Crippen LogP contribution is -2.05. The molecule has 2 N–H and O–H groups in total. The van der Waals surface area contributed by atoms with Gasteiger partial charge in [0.1, 0.15) is 6.61 Å². The fraction of sp³-hybridized carbons (Fsp3) is 0.200. The van der Waals surface area contributed by atoms with E-state index < -0.39 is 0 Å². The van der Waals surface area contributed by atoms with E-state index in [9.17, 15) is 4.79 Å². The lowest BCUT2D eigenvalue weighted by atomic mass is 10.1. The third-order valence-corrected chi connectivity index (χ3v) is 3.23. The fourth-order valence-electron chi connectivity index (χ4n) is 1.89. The van der Waals surface area contributed by atoms with Crippen molar-refractivity contribution in [2.75, 3.05) is 5.73 Å². The molecule has 2 rings (SSSR count). The second-order valence-corrected chi connectivity index (χ2v) is 5.50. The number of rotatable bonds is 4. The molecule has 0 aliphatic carbocycles. The van der Waals surface area contributed by atoms with Crippen LogP contribution in [0.3, 0.4) is 0 Å². The third-order valence-electron chi connectivity index (χ3n) is 2.78. The Labute approximate surface area is 126 Å². The molecule has 104 valence electrons. The van der Waals surface area contributed by atoms with Crippen LogP contribution in [0.5, 0.6) is 5.75 Å². The molecular formula is C15H15BrN2O2. The molecule has 1 aromatic carbocycles. The monoisotopic (exact) mass is 334 g/mol. The Morgan fingerprint density at radius 1 is 1.35 bits per heavy atom. The number of Topliss-reactive ketones (excluding diaryl/α,β-unsaturated/α-hetero) is 1. The van der Waals surface area contributed by atoms with Crippen molar-refractivity contribution < 1.29 is 9.53 Å². The van der Waals surface area contributed by atoms with Crippen molar-refractivity contribution in [3.8, 4) is 5.75 Å². The van der Waals surface area contributed by atoms with E-state index in [1.54, 1.807) is 24.5 Å². The summed E-state index contributed by atoms with van der Waals surface area (Å²) in [5.41, 5.74) is 8.83. The average Bonchev–Trinajstić information content (AvgIpc) is 2.36. The Kier molecular flexibility index (Phi) is 4.39. The summed E-state index contributed by atoms with van der Waals surface area (Å²) in [5, 5.41) is 0. The summed E-state index contributed by atoms with van der Waals surface area (Å²) < 4.78 is 6.47. The number of pyridine rings is 1. The molecule has 0 bridgehead atoms. The molecule has 0 spiro atoms. The van der Waals surface area contributed by atoms with E-state index >= 15 is 0 Å². The number of nitrogens with zero attached hydrogens (tertiary/aromatic N) is 1. The van der Waals surface area contributed by atoms with Crippen LogP contribution in [0, 0.1) is 6.92 Å². The largest absolute Gasteiger partial charge is 0.486 e. The minimum Gasteiger partial charge on any atom is -0.486 e. The summed E-state index contributed by atoms with van der Waals surface area (Å²) in [4.78, 5) is 15.8. The molecule has 0 amide bonds. The minimum atomic E-state index is -0.0876. The van der Waals surface area contributed by atoms with Crippen LogP contribution in [0.15, 0.2) is 35.1 Å². The summed E-state index contributed by atoms with van der Waals surface area (Å²) in [6.07, 6.45) is 3.51. The van der Waals surface area contributed by atoms with Crippen molar-refractivity contribution >= 4 is 27.4 Å². The second kappa shape index (κ2) is 6.05. The van der Waals surface area contributed by atoms with E-state index in [0.29, 0.717) is 23.6 Å². The summed E-state index contributed by atoms with van der Waals surface area (Å²) in [5.74, 6) is 0.331. The molecular weight excluding hydrogens is 320 g/mol. The number of nitrogen functional groups attached to an aromatic ring is 1. The van der Waals surface area contributed by atoms with E-state index in [1.807, 2.05) is 13.0 Å². The van der Waals surface area contributed by atoms with Crippen molar-refractivity contribution in [3.05, 3.63) is 51.8 Å². The number of nitrogens with two attached hydrogens (primary N) is 1. The van der Waals surface area contributed by atoms with Gasteiger partial charge >= 0.3 is 0 Å². The highest BCUT2D eigenvalue weighted by Crippen LogP contribution is 2.31. The predicted molar refractivity (Wildman–Crippen MR) is 81.9 cm³/mol. The lowest BCUT2D eigenvalue weighted by Gasteiger charge is -2.13.